The van der Waals surface area contributed by atoms with E-state index in [1.165, 1.54) is 25.7 Å². The van der Waals surface area contributed by atoms with E-state index < -0.39 is 28.0 Å². The Morgan fingerprint density at radius 1 is 1.16 bits per heavy atom. The highest BCUT2D eigenvalue weighted by Crippen LogP contribution is 2.36. The highest BCUT2D eigenvalue weighted by Gasteiger charge is 2.27. The quantitative estimate of drug-likeness (QED) is 0.174. The maximum atomic E-state index is 13.6. The lowest BCUT2D eigenvalue weighted by atomic mass is 10.1. The number of nitrogens with one attached hydrogen (secondary N) is 1. The van der Waals surface area contributed by atoms with Crippen molar-refractivity contribution in [2.24, 2.45) is 0 Å². The maximum absolute atomic E-state index is 13.6. The highest BCUT2D eigenvalue weighted by atomic mass is 79.9. The smallest absolute Gasteiger partial charge is 0.359 e. The molecule has 196 valence electrons. The standard InChI is InChI=1S/C24H19BrN4O8S/c1-4-37-24(32)20-15-11-38-22(19(15)23(31)28(27-20)13-7-5-12(25)6-8-13)26-21(30)14-9-17(35-2)18(36-3)10-16(14)29(33)34/h5-11H,4H2,1-3H3,(H,26,30). The van der Waals surface area contributed by atoms with Gasteiger partial charge in [0.2, 0.25) is 0 Å². The molecule has 0 saturated carbocycles. The number of halogens is 1. The molecule has 1 amide bonds. The summed E-state index contributed by atoms with van der Waals surface area (Å²) in [5.74, 6) is -1.45. The number of anilines is 1. The number of hydrogen-bond acceptors (Lipinski definition) is 10. The number of aromatic nitrogens is 2. The first-order valence-electron chi connectivity index (χ1n) is 10.9. The number of benzene rings is 2. The predicted molar refractivity (Wildman–Crippen MR) is 143 cm³/mol. The lowest BCUT2D eigenvalue weighted by molar-refractivity contribution is -0.385. The number of thiophene rings is 1. The molecule has 38 heavy (non-hydrogen) atoms. The number of fused-ring (bicyclic) bond motifs is 1. The zero-order valence-electron chi connectivity index (χ0n) is 20.1. The van der Waals surface area contributed by atoms with Crippen molar-refractivity contribution in [3.05, 3.63) is 78.0 Å². The molecule has 0 aliphatic rings. The number of ether oxygens (including phenoxy) is 3. The summed E-state index contributed by atoms with van der Waals surface area (Å²) in [6.07, 6.45) is 0. The van der Waals surface area contributed by atoms with Crippen LogP contribution in [0.5, 0.6) is 11.5 Å². The van der Waals surface area contributed by atoms with Crippen LogP contribution in [0.2, 0.25) is 0 Å². The fraction of sp³-hybridized carbons (Fsp3) is 0.167. The largest absolute Gasteiger partial charge is 0.493 e. The second kappa shape index (κ2) is 11.0. The summed E-state index contributed by atoms with van der Waals surface area (Å²) in [5, 5.41) is 20.2. The van der Waals surface area contributed by atoms with Crippen LogP contribution in [0.4, 0.5) is 10.7 Å². The Hall–Kier alpha value is -4.30. The van der Waals surface area contributed by atoms with Gasteiger partial charge in [0.15, 0.2) is 17.2 Å². The summed E-state index contributed by atoms with van der Waals surface area (Å²) in [5.41, 5.74) is -1.22. The van der Waals surface area contributed by atoms with Crippen molar-refractivity contribution >= 4 is 60.6 Å². The molecule has 4 rings (SSSR count). The Morgan fingerprint density at radius 2 is 1.82 bits per heavy atom. The number of nitrogens with zero attached hydrogens (tertiary/aromatic N) is 3. The number of nitro benzene ring substituents is 1. The molecule has 2 aromatic carbocycles. The van der Waals surface area contributed by atoms with Gasteiger partial charge in [-0.3, -0.25) is 19.7 Å². The Morgan fingerprint density at radius 3 is 2.42 bits per heavy atom. The molecule has 0 atom stereocenters. The second-order valence-electron chi connectivity index (χ2n) is 7.55. The van der Waals surface area contributed by atoms with Gasteiger partial charge in [0.1, 0.15) is 10.6 Å². The normalized spacial score (nSPS) is 10.7. The summed E-state index contributed by atoms with van der Waals surface area (Å²) in [7, 11) is 2.64. The third-order valence-electron chi connectivity index (χ3n) is 5.36. The summed E-state index contributed by atoms with van der Waals surface area (Å²) >= 11 is 4.29. The van der Waals surface area contributed by atoms with Gasteiger partial charge in [-0.2, -0.15) is 9.78 Å². The third-order valence-corrected chi connectivity index (χ3v) is 6.79. The van der Waals surface area contributed by atoms with Crippen LogP contribution in [0, 0.1) is 10.1 Å². The molecule has 0 spiro atoms. The molecular weight excluding hydrogens is 584 g/mol. The SMILES string of the molecule is CCOC(=O)c1nn(-c2ccc(Br)cc2)c(=O)c2c(NC(=O)c3cc(OC)c(OC)cc3[N+](=O)[O-])scc12. The molecule has 0 saturated heterocycles. The molecule has 1 N–H and O–H groups in total. The molecule has 14 heteroatoms. The Balaban J connectivity index is 1.89. The van der Waals surface area contributed by atoms with E-state index in [1.807, 2.05) is 0 Å². The van der Waals surface area contributed by atoms with Crippen LogP contribution in [0.25, 0.3) is 16.5 Å². The van der Waals surface area contributed by atoms with E-state index in [0.717, 1.165) is 26.6 Å². The molecule has 2 heterocycles. The Labute approximate surface area is 227 Å². The van der Waals surface area contributed by atoms with Gasteiger partial charge in [0.05, 0.1) is 42.9 Å². The minimum atomic E-state index is -0.870. The van der Waals surface area contributed by atoms with E-state index in [9.17, 15) is 24.5 Å². The van der Waals surface area contributed by atoms with Gasteiger partial charge in [-0.1, -0.05) is 15.9 Å². The van der Waals surface area contributed by atoms with Gasteiger partial charge in [-0.25, -0.2) is 4.79 Å². The van der Waals surface area contributed by atoms with E-state index in [0.29, 0.717) is 5.69 Å². The van der Waals surface area contributed by atoms with E-state index in [1.54, 1.807) is 31.2 Å². The van der Waals surface area contributed by atoms with Crippen molar-refractivity contribution in [1.82, 2.24) is 9.78 Å². The first-order valence-corrected chi connectivity index (χ1v) is 12.6. The average molecular weight is 603 g/mol. The first kappa shape index (κ1) is 26.8. The second-order valence-corrected chi connectivity index (χ2v) is 9.35. The summed E-state index contributed by atoms with van der Waals surface area (Å²) in [6, 6.07) is 8.89. The van der Waals surface area contributed by atoms with Gasteiger partial charge in [-0.15, -0.1) is 11.3 Å². The van der Waals surface area contributed by atoms with E-state index >= 15 is 0 Å². The number of carbonyl (C=O) groups excluding carboxylic acids is 2. The highest BCUT2D eigenvalue weighted by molar-refractivity contribution is 9.10. The van der Waals surface area contributed by atoms with Crippen LogP contribution in [-0.4, -0.2) is 47.4 Å². The van der Waals surface area contributed by atoms with Crippen LogP contribution in [0.15, 0.2) is 51.0 Å². The number of carbonyl (C=O) groups is 2. The van der Waals surface area contributed by atoms with Crippen molar-refractivity contribution in [1.29, 1.82) is 0 Å². The third kappa shape index (κ3) is 4.95. The molecule has 0 bridgehead atoms. The molecule has 4 aromatic rings. The van der Waals surface area contributed by atoms with Crippen molar-refractivity contribution in [2.75, 3.05) is 26.1 Å². The Kier molecular flexibility index (Phi) is 7.73. The number of hydrogen-bond donors (Lipinski definition) is 1. The van der Waals surface area contributed by atoms with E-state index in [-0.39, 0.29) is 45.1 Å². The van der Waals surface area contributed by atoms with Gasteiger partial charge in [0, 0.05) is 21.3 Å². The molecule has 0 radical (unpaired) electrons. The minimum absolute atomic E-state index is 0.00699. The van der Waals surface area contributed by atoms with E-state index in [2.05, 4.69) is 26.3 Å². The average Bonchev–Trinajstić information content (AvgIpc) is 3.32. The van der Waals surface area contributed by atoms with Gasteiger partial charge in [0.25, 0.3) is 17.2 Å². The molecule has 0 fully saturated rings. The van der Waals surface area contributed by atoms with Crippen LogP contribution < -0.4 is 20.3 Å². The van der Waals surface area contributed by atoms with Crippen molar-refractivity contribution in [3.63, 3.8) is 0 Å². The monoisotopic (exact) mass is 602 g/mol. The summed E-state index contributed by atoms with van der Waals surface area (Å²) in [6.45, 7) is 1.71. The molecule has 12 nitrogen and oxygen atoms in total. The molecule has 2 aromatic heterocycles. The lowest BCUT2D eigenvalue weighted by Crippen LogP contribution is -2.25. The van der Waals surface area contributed by atoms with Gasteiger partial charge in [-0.05, 0) is 31.2 Å². The maximum Gasteiger partial charge on any atom is 0.359 e. The van der Waals surface area contributed by atoms with Crippen LogP contribution in [0.3, 0.4) is 0 Å². The number of methoxy groups -OCH3 is 2. The van der Waals surface area contributed by atoms with Crippen molar-refractivity contribution in [3.8, 4) is 17.2 Å². The fourth-order valence-corrected chi connectivity index (χ4v) is 4.82. The fourth-order valence-electron chi connectivity index (χ4n) is 3.62. The van der Waals surface area contributed by atoms with E-state index in [4.69, 9.17) is 14.2 Å². The topological polar surface area (TPSA) is 152 Å². The number of nitro groups is 1. The van der Waals surface area contributed by atoms with Crippen LogP contribution in [-0.2, 0) is 4.74 Å². The molecule has 0 unspecified atom stereocenters. The zero-order chi connectivity index (χ0) is 27.6. The van der Waals surface area contributed by atoms with Gasteiger partial charge >= 0.3 is 5.97 Å². The number of rotatable bonds is 8. The number of esters is 1. The zero-order valence-corrected chi connectivity index (χ0v) is 22.5. The predicted octanol–water partition coefficient (Wildman–Crippen LogP) is 4.56. The molecular formula is C24H19BrN4O8S. The Bertz CT molecular complexity index is 1630. The van der Waals surface area contributed by atoms with Gasteiger partial charge < -0.3 is 19.5 Å². The van der Waals surface area contributed by atoms with Crippen LogP contribution in [0.1, 0.15) is 27.8 Å². The minimum Gasteiger partial charge on any atom is -0.493 e. The first-order chi connectivity index (χ1) is 18.2. The summed E-state index contributed by atoms with van der Waals surface area (Å²) in [4.78, 5) is 50.5. The van der Waals surface area contributed by atoms with Crippen molar-refractivity contribution < 1.29 is 28.7 Å². The molecule has 0 aliphatic carbocycles. The van der Waals surface area contributed by atoms with Crippen LogP contribution >= 0.6 is 27.3 Å². The summed E-state index contributed by atoms with van der Waals surface area (Å²) < 4.78 is 17.2. The number of amides is 1. The van der Waals surface area contributed by atoms with Crippen molar-refractivity contribution in [2.45, 2.75) is 6.92 Å². The molecule has 0 aliphatic heterocycles. The lowest BCUT2D eigenvalue weighted by Gasteiger charge is -2.11.